The molecule has 0 aliphatic heterocycles. The fourth-order valence-corrected chi connectivity index (χ4v) is 1.48. The van der Waals surface area contributed by atoms with Crippen molar-refractivity contribution in [2.24, 2.45) is 0 Å². The van der Waals surface area contributed by atoms with Crippen LogP contribution in [0.1, 0.15) is 5.56 Å². The minimum Gasteiger partial charge on any atom is -0.497 e. The molecule has 4 heteroatoms. The summed E-state index contributed by atoms with van der Waals surface area (Å²) in [6.45, 7) is 0.702. The Hall–Kier alpha value is -2.23. The first-order valence-corrected chi connectivity index (χ1v) is 5.36. The Morgan fingerprint density at radius 1 is 1.29 bits per heavy atom. The van der Waals surface area contributed by atoms with Crippen LogP contribution in [0.4, 0.5) is 11.5 Å². The third kappa shape index (κ3) is 3.11. The van der Waals surface area contributed by atoms with Gasteiger partial charge >= 0.3 is 0 Å². The van der Waals surface area contributed by atoms with Crippen LogP contribution in [0.2, 0.25) is 0 Å². The van der Waals surface area contributed by atoms with Crippen LogP contribution in [0.15, 0.2) is 42.6 Å². The fraction of sp³-hybridized carbons (Fsp3) is 0.154. The van der Waals surface area contributed by atoms with Gasteiger partial charge in [0.1, 0.15) is 11.6 Å². The first kappa shape index (κ1) is 11.3. The van der Waals surface area contributed by atoms with Gasteiger partial charge in [-0.05, 0) is 29.8 Å². The number of nitrogens with zero attached hydrogens (tertiary/aromatic N) is 1. The number of methoxy groups -OCH3 is 1. The van der Waals surface area contributed by atoms with Gasteiger partial charge in [-0.3, -0.25) is 0 Å². The molecule has 17 heavy (non-hydrogen) atoms. The molecule has 0 saturated heterocycles. The SMILES string of the molecule is COc1cccc(CNc2ccc(N)cn2)c1. The van der Waals surface area contributed by atoms with Gasteiger partial charge in [0.2, 0.25) is 0 Å². The standard InChI is InChI=1S/C13H15N3O/c1-17-12-4-2-3-10(7-12)8-15-13-6-5-11(14)9-16-13/h2-7,9H,8,14H2,1H3,(H,15,16). The minimum atomic E-state index is 0.664. The lowest BCUT2D eigenvalue weighted by molar-refractivity contribution is 0.414. The van der Waals surface area contributed by atoms with E-state index in [-0.39, 0.29) is 0 Å². The summed E-state index contributed by atoms with van der Waals surface area (Å²) in [5.41, 5.74) is 7.37. The van der Waals surface area contributed by atoms with Gasteiger partial charge in [-0.25, -0.2) is 4.98 Å². The van der Waals surface area contributed by atoms with Gasteiger partial charge < -0.3 is 15.8 Å². The van der Waals surface area contributed by atoms with E-state index < -0.39 is 0 Å². The monoisotopic (exact) mass is 229 g/mol. The second-order valence-electron chi connectivity index (χ2n) is 3.68. The highest BCUT2D eigenvalue weighted by Crippen LogP contribution is 2.14. The predicted molar refractivity (Wildman–Crippen MR) is 69.0 cm³/mol. The summed E-state index contributed by atoms with van der Waals surface area (Å²) in [5.74, 6) is 1.66. The number of rotatable bonds is 4. The van der Waals surface area contributed by atoms with Gasteiger partial charge in [-0.15, -0.1) is 0 Å². The van der Waals surface area contributed by atoms with Crippen LogP contribution in [-0.4, -0.2) is 12.1 Å². The van der Waals surface area contributed by atoms with Crippen LogP contribution in [0.3, 0.4) is 0 Å². The number of hydrogen-bond acceptors (Lipinski definition) is 4. The number of nitrogen functional groups attached to an aromatic ring is 1. The van der Waals surface area contributed by atoms with E-state index >= 15 is 0 Å². The molecule has 1 aromatic heterocycles. The highest BCUT2D eigenvalue weighted by Gasteiger charge is 1.97. The maximum atomic E-state index is 5.57. The fourth-order valence-electron chi connectivity index (χ4n) is 1.48. The van der Waals surface area contributed by atoms with Crippen molar-refractivity contribution < 1.29 is 4.74 Å². The molecule has 0 bridgehead atoms. The third-order valence-corrected chi connectivity index (χ3v) is 2.39. The van der Waals surface area contributed by atoms with Crippen LogP contribution in [-0.2, 0) is 6.54 Å². The lowest BCUT2D eigenvalue weighted by Gasteiger charge is -2.07. The summed E-state index contributed by atoms with van der Waals surface area (Å²) in [6.07, 6.45) is 1.63. The van der Waals surface area contributed by atoms with Crippen LogP contribution >= 0.6 is 0 Å². The first-order valence-electron chi connectivity index (χ1n) is 5.36. The van der Waals surface area contributed by atoms with E-state index in [0.717, 1.165) is 17.1 Å². The van der Waals surface area contributed by atoms with Gasteiger partial charge in [0.25, 0.3) is 0 Å². The molecule has 3 N–H and O–H groups in total. The number of hydrogen-bond donors (Lipinski definition) is 2. The molecular weight excluding hydrogens is 214 g/mol. The molecule has 88 valence electrons. The van der Waals surface area contributed by atoms with Crippen molar-refractivity contribution in [3.05, 3.63) is 48.2 Å². The molecule has 0 spiro atoms. The molecule has 0 saturated carbocycles. The van der Waals surface area contributed by atoms with Crippen LogP contribution in [0.5, 0.6) is 5.75 Å². The van der Waals surface area contributed by atoms with Crippen molar-refractivity contribution in [2.75, 3.05) is 18.2 Å². The Morgan fingerprint density at radius 3 is 2.88 bits per heavy atom. The lowest BCUT2D eigenvalue weighted by atomic mass is 10.2. The number of pyridine rings is 1. The molecule has 0 unspecified atom stereocenters. The summed E-state index contributed by atoms with van der Waals surface area (Å²) in [4.78, 5) is 4.17. The first-order chi connectivity index (χ1) is 8.28. The van der Waals surface area contributed by atoms with Crippen molar-refractivity contribution in [2.45, 2.75) is 6.54 Å². The highest BCUT2D eigenvalue weighted by molar-refractivity contribution is 5.44. The molecule has 0 fully saturated rings. The largest absolute Gasteiger partial charge is 0.497 e. The molecule has 0 aliphatic carbocycles. The van der Waals surface area contributed by atoms with Crippen molar-refractivity contribution >= 4 is 11.5 Å². The second-order valence-corrected chi connectivity index (χ2v) is 3.68. The average molecular weight is 229 g/mol. The Labute approximate surface area is 100 Å². The van der Waals surface area contributed by atoms with Gasteiger partial charge in [0.05, 0.1) is 19.0 Å². The van der Waals surface area contributed by atoms with Gasteiger partial charge in [0, 0.05) is 6.54 Å². The molecule has 2 rings (SSSR count). The Morgan fingerprint density at radius 2 is 2.18 bits per heavy atom. The van der Waals surface area contributed by atoms with Crippen LogP contribution in [0, 0.1) is 0 Å². The molecule has 1 heterocycles. The Kier molecular flexibility index (Phi) is 3.45. The molecule has 0 radical (unpaired) electrons. The number of benzene rings is 1. The van der Waals surface area contributed by atoms with Crippen molar-refractivity contribution in [3.63, 3.8) is 0 Å². The maximum absolute atomic E-state index is 5.57. The molecule has 0 atom stereocenters. The topological polar surface area (TPSA) is 60.2 Å². The summed E-state index contributed by atoms with van der Waals surface area (Å²) in [5, 5.41) is 3.22. The van der Waals surface area contributed by atoms with Crippen LogP contribution < -0.4 is 15.8 Å². The molecule has 2 aromatic rings. The summed E-state index contributed by atoms with van der Waals surface area (Å²) in [7, 11) is 1.66. The van der Waals surface area contributed by atoms with E-state index in [4.69, 9.17) is 10.5 Å². The van der Waals surface area contributed by atoms with E-state index in [1.165, 1.54) is 0 Å². The number of anilines is 2. The van der Waals surface area contributed by atoms with Crippen molar-refractivity contribution in [3.8, 4) is 5.75 Å². The lowest BCUT2D eigenvalue weighted by Crippen LogP contribution is -2.01. The highest BCUT2D eigenvalue weighted by atomic mass is 16.5. The summed E-state index contributed by atoms with van der Waals surface area (Å²) < 4.78 is 5.16. The normalized spacial score (nSPS) is 9.94. The molecule has 0 aliphatic rings. The number of ether oxygens (including phenoxy) is 1. The van der Waals surface area contributed by atoms with E-state index in [2.05, 4.69) is 10.3 Å². The van der Waals surface area contributed by atoms with Crippen molar-refractivity contribution in [1.29, 1.82) is 0 Å². The second kappa shape index (κ2) is 5.21. The Bertz CT molecular complexity index is 482. The van der Waals surface area contributed by atoms with Gasteiger partial charge in [-0.2, -0.15) is 0 Å². The molecular formula is C13H15N3O. The molecule has 0 amide bonds. The summed E-state index contributed by atoms with van der Waals surface area (Å²) in [6, 6.07) is 11.6. The third-order valence-electron chi connectivity index (χ3n) is 2.39. The van der Waals surface area contributed by atoms with Crippen LogP contribution in [0.25, 0.3) is 0 Å². The molecule has 1 aromatic carbocycles. The van der Waals surface area contributed by atoms with Crippen molar-refractivity contribution in [1.82, 2.24) is 4.98 Å². The predicted octanol–water partition coefficient (Wildman–Crippen LogP) is 2.28. The Balaban J connectivity index is 1.99. The number of aromatic nitrogens is 1. The smallest absolute Gasteiger partial charge is 0.126 e. The van der Waals surface area contributed by atoms with E-state index in [0.29, 0.717) is 12.2 Å². The zero-order valence-electron chi connectivity index (χ0n) is 9.68. The van der Waals surface area contributed by atoms with Gasteiger partial charge in [-0.1, -0.05) is 12.1 Å². The molecule has 4 nitrogen and oxygen atoms in total. The number of nitrogens with two attached hydrogens (primary N) is 1. The van der Waals surface area contributed by atoms with E-state index in [1.54, 1.807) is 13.3 Å². The average Bonchev–Trinajstić information content (AvgIpc) is 2.38. The summed E-state index contributed by atoms with van der Waals surface area (Å²) >= 11 is 0. The maximum Gasteiger partial charge on any atom is 0.126 e. The zero-order valence-corrected chi connectivity index (χ0v) is 9.68. The van der Waals surface area contributed by atoms with E-state index in [1.807, 2.05) is 36.4 Å². The zero-order chi connectivity index (χ0) is 12.1. The quantitative estimate of drug-likeness (QED) is 0.844. The van der Waals surface area contributed by atoms with Gasteiger partial charge in [0.15, 0.2) is 0 Å². The number of nitrogens with one attached hydrogen (secondary N) is 1. The minimum absolute atomic E-state index is 0.664. The van der Waals surface area contributed by atoms with E-state index in [9.17, 15) is 0 Å².